The highest BCUT2D eigenvalue weighted by Crippen LogP contribution is 2.08. The Morgan fingerprint density at radius 1 is 1.50 bits per heavy atom. The minimum atomic E-state index is 0.0538. The first-order valence-corrected chi connectivity index (χ1v) is 4.63. The monoisotopic (exact) mass is 193 g/mol. The van der Waals surface area contributed by atoms with Crippen molar-refractivity contribution in [2.24, 2.45) is 0 Å². The quantitative estimate of drug-likeness (QED) is 0.763. The van der Waals surface area contributed by atoms with Crippen LogP contribution in [-0.2, 0) is 4.79 Å². The van der Waals surface area contributed by atoms with Gasteiger partial charge in [-0.1, -0.05) is 6.92 Å². The standard InChI is InChI=1S/C10H15N3O/c1-3-11-8-10(14)13(2)9-4-6-12-7-5-9/h4-7,11H,3,8H2,1-2H3. The summed E-state index contributed by atoms with van der Waals surface area (Å²) >= 11 is 0. The number of carbonyl (C=O) groups is 1. The van der Waals surface area contributed by atoms with Gasteiger partial charge in [-0.05, 0) is 18.7 Å². The number of amides is 1. The topological polar surface area (TPSA) is 45.2 Å². The number of aromatic nitrogens is 1. The number of pyridine rings is 1. The number of hydrogen-bond donors (Lipinski definition) is 1. The fourth-order valence-corrected chi connectivity index (χ4v) is 1.06. The lowest BCUT2D eigenvalue weighted by Crippen LogP contribution is -2.35. The van der Waals surface area contributed by atoms with Crippen molar-refractivity contribution >= 4 is 11.6 Å². The Morgan fingerprint density at radius 2 is 2.14 bits per heavy atom. The molecule has 4 nitrogen and oxygen atoms in total. The van der Waals surface area contributed by atoms with Gasteiger partial charge in [0, 0.05) is 25.1 Å². The van der Waals surface area contributed by atoms with E-state index in [1.54, 1.807) is 24.3 Å². The van der Waals surface area contributed by atoms with Crippen molar-refractivity contribution in [3.8, 4) is 0 Å². The number of rotatable bonds is 4. The molecule has 1 heterocycles. The van der Waals surface area contributed by atoms with Gasteiger partial charge in [-0.25, -0.2) is 0 Å². The lowest BCUT2D eigenvalue weighted by Gasteiger charge is -2.16. The molecule has 1 amide bonds. The SMILES string of the molecule is CCNCC(=O)N(C)c1ccncc1. The minimum Gasteiger partial charge on any atom is -0.314 e. The van der Waals surface area contributed by atoms with E-state index >= 15 is 0 Å². The van der Waals surface area contributed by atoms with Crippen molar-refractivity contribution in [1.29, 1.82) is 0 Å². The van der Waals surface area contributed by atoms with E-state index in [0.717, 1.165) is 12.2 Å². The lowest BCUT2D eigenvalue weighted by atomic mass is 10.3. The Kier molecular flexibility index (Phi) is 4.07. The van der Waals surface area contributed by atoms with Crippen molar-refractivity contribution in [2.75, 3.05) is 25.0 Å². The number of hydrogen-bond acceptors (Lipinski definition) is 3. The van der Waals surface area contributed by atoms with Gasteiger partial charge in [0.1, 0.15) is 0 Å². The zero-order valence-corrected chi connectivity index (χ0v) is 8.53. The first kappa shape index (κ1) is 10.7. The maximum atomic E-state index is 11.5. The maximum Gasteiger partial charge on any atom is 0.240 e. The molecule has 0 saturated carbocycles. The molecule has 0 spiro atoms. The highest BCUT2D eigenvalue weighted by atomic mass is 16.2. The van der Waals surface area contributed by atoms with Crippen LogP contribution in [0.25, 0.3) is 0 Å². The second-order valence-corrected chi connectivity index (χ2v) is 2.94. The van der Waals surface area contributed by atoms with E-state index in [-0.39, 0.29) is 5.91 Å². The van der Waals surface area contributed by atoms with Gasteiger partial charge in [-0.2, -0.15) is 0 Å². The van der Waals surface area contributed by atoms with Gasteiger partial charge in [0.2, 0.25) is 5.91 Å². The molecule has 0 unspecified atom stereocenters. The summed E-state index contributed by atoms with van der Waals surface area (Å²) in [7, 11) is 1.76. The van der Waals surface area contributed by atoms with E-state index in [2.05, 4.69) is 10.3 Å². The average molecular weight is 193 g/mol. The molecular formula is C10H15N3O. The number of nitrogens with zero attached hydrogens (tertiary/aromatic N) is 2. The summed E-state index contributed by atoms with van der Waals surface area (Å²) in [5.74, 6) is 0.0538. The molecule has 0 aromatic carbocycles. The van der Waals surface area contributed by atoms with E-state index in [1.807, 2.05) is 19.1 Å². The van der Waals surface area contributed by atoms with Crippen LogP contribution in [0.3, 0.4) is 0 Å². The van der Waals surface area contributed by atoms with Crippen LogP contribution in [-0.4, -0.2) is 31.0 Å². The first-order chi connectivity index (χ1) is 6.75. The van der Waals surface area contributed by atoms with Gasteiger partial charge < -0.3 is 10.2 Å². The second kappa shape index (κ2) is 5.34. The molecule has 1 rings (SSSR count). The molecule has 1 aromatic heterocycles. The molecule has 1 aromatic rings. The van der Waals surface area contributed by atoms with Gasteiger partial charge in [-0.15, -0.1) is 0 Å². The third-order valence-electron chi connectivity index (χ3n) is 1.95. The molecule has 0 fully saturated rings. The van der Waals surface area contributed by atoms with E-state index in [1.165, 1.54) is 0 Å². The third-order valence-corrected chi connectivity index (χ3v) is 1.95. The zero-order valence-electron chi connectivity index (χ0n) is 8.53. The second-order valence-electron chi connectivity index (χ2n) is 2.94. The number of carbonyl (C=O) groups excluding carboxylic acids is 1. The number of likely N-dealkylation sites (N-methyl/N-ethyl adjacent to an activating group) is 2. The summed E-state index contributed by atoms with van der Waals surface area (Å²) in [6.45, 7) is 3.14. The van der Waals surface area contributed by atoms with Crippen molar-refractivity contribution in [2.45, 2.75) is 6.92 Å². The largest absolute Gasteiger partial charge is 0.314 e. The van der Waals surface area contributed by atoms with Crippen LogP contribution >= 0.6 is 0 Å². The van der Waals surface area contributed by atoms with Crippen LogP contribution in [0.5, 0.6) is 0 Å². The first-order valence-electron chi connectivity index (χ1n) is 4.63. The van der Waals surface area contributed by atoms with Crippen molar-refractivity contribution in [3.05, 3.63) is 24.5 Å². The zero-order chi connectivity index (χ0) is 10.4. The van der Waals surface area contributed by atoms with Crippen LogP contribution < -0.4 is 10.2 Å². The van der Waals surface area contributed by atoms with E-state index in [9.17, 15) is 4.79 Å². The Bertz CT molecular complexity index is 287. The summed E-state index contributed by atoms with van der Waals surface area (Å²) in [5.41, 5.74) is 0.864. The highest BCUT2D eigenvalue weighted by molar-refractivity contribution is 5.94. The molecule has 76 valence electrons. The van der Waals surface area contributed by atoms with Gasteiger partial charge in [0.25, 0.3) is 0 Å². The summed E-state index contributed by atoms with van der Waals surface area (Å²) in [4.78, 5) is 17.1. The molecular weight excluding hydrogens is 178 g/mol. The van der Waals surface area contributed by atoms with E-state index in [0.29, 0.717) is 6.54 Å². The predicted octanol–water partition coefficient (Wildman–Crippen LogP) is 0.654. The van der Waals surface area contributed by atoms with Crippen LogP contribution in [0.4, 0.5) is 5.69 Å². The summed E-state index contributed by atoms with van der Waals surface area (Å²) in [6, 6.07) is 3.62. The lowest BCUT2D eigenvalue weighted by molar-refractivity contribution is -0.117. The molecule has 0 bridgehead atoms. The number of nitrogens with one attached hydrogen (secondary N) is 1. The smallest absolute Gasteiger partial charge is 0.240 e. The average Bonchev–Trinajstić information content (AvgIpc) is 2.26. The fraction of sp³-hybridized carbons (Fsp3) is 0.400. The van der Waals surface area contributed by atoms with Crippen molar-refractivity contribution in [1.82, 2.24) is 10.3 Å². The van der Waals surface area contributed by atoms with E-state index in [4.69, 9.17) is 0 Å². The molecule has 1 N–H and O–H groups in total. The molecule has 0 aliphatic heterocycles. The van der Waals surface area contributed by atoms with Crippen LogP contribution in [0.1, 0.15) is 6.92 Å². The Morgan fingerprint density at radius 3 is 2.71 bits per heavy atom. The highest BCUT2D eigenvalue weighted by Gasteiger charge is 2.08. The van der Waals surface area contributed by atoms with Crippen LogP contribution in [0.2, 0.25) is 0 Å². The molecule has 0 atom stereocenters. The minimum absolute atomic E-state index is 0.0538. The third kappa shape index (κ3) is 2.81. The van der Waals surface area contributed by atoms with Gasteiger partial charge in [-0.3, -0.25) is 9.78 Å². The van der Waals surface area contributed by atoms with Crippen molar-refractivity contribution < 1.29 is 4.79 Å². The van der Waals surface area contributed by atoms with Crippen LogP contribution in [0.15, 0.2) is 24.5 Å². The fourth-order valence-electron chi connectivity index (χ4n) is 1.06. The molecule has 4 heteroatoms. The molecule has 0 aliphatic rings. The summed E-state index contributed by atoms with van der Waals surface area (Å²) in [5, 5.41) is 2.99. The molecule has 0 radical (unpaired) electrons. The Hall–Kier alpha value is -1.42. The summed E-state index contributed by atoms with van der Waals surface area (Å²) in [6.07, 6.45) is 3.35. The Balaban J connectivity index is 2.57. The number of anilines is 1. The van der Waals surface area contributed by atoms with Crippen LogP contribution in [0, 0.1) is 0 Å². The molecule has 0 aliphatic carbocycles. The van der Waals surface area contributed by atoms with Gasteiger partial charge in [0.15, 0.2) is 0 Å². The Labute approximate surface area is 83.9 Å². The normalized spacial score (nSPS) is 9.86. The summed E-state index contributed by atoms with van der Waals surface area (Å²) < 4.78 is 0. The predicted molar refractivity (Wildman–Crippen MR) is 56.2 cm³/mol. The molecule has 0 saturated heterocycles. The van der Waals surface area contributed by atoms with Gasteiger partial charge in [0.05, 0.1) is 6.54 Å². The van der Waals surface area contributed by atoms with Gasteiger partial charge >= 0.3 is 0 Å². The van der Waals surface area contributed by atoms with E-state index < -0.39 is 0 Å². The maximum absolute atomic E-state index is 11.5. The van der Waals surface area contributed by atoms with Crippen molar-refractivity contribution in [3.63, 3.8) is 0 Å². The molecule has 14 heavy (non-hydrogen) atoms.